The van der Waals surface area contributed by atoms with Gasteiger partial charge in [-0.3, -0.25) is 14.9 Å². The van der Waals surface area contributed by atoms with E-state index in [9.17, 15) is 27.6 Å². The maximum absolute atomic E-state index is 13.2. The van der Waals surface area contributed by atoms with Crippen LogP contribution < -0.4 is 16.4 Å². The average Bonchev–Trinajstić information content (AvgIpc) is 3.14. The predicted molar refractivity (Wildman–Crippen MR) is 100 cm³/mol. The molecule has 29 heavy (non-hydrogen) atoms. The van der Waals surface area contributed by atoms with Gasteiger partial charge in [-0.2, -0.15) is 13.2 Å². The number of nitrogens with two attached hydrogens (primary N) is 1. The predicted octanol–water partition coefficient (Wildman–Crippen LogP) is 2.62. The van der Waals surface area contributed by atoms with E-state index in [-0.39, 0.29) is 16.3 Å². The number of thiazole rings is 1. The zero-order chi connectivity index (χ0) is 21.5. The summed E-state index contributed by atoms with van der Waals surface area (Å²) in [6.07, 6.45) is -4.76. The Bertz CT molecular complexity index is 1060. The van der Waals surface area contributed by atoms with Gasteiger partial charge >= 0.3 is 12.2 Å². The fourth-order valence-corrected chi connectivity index (χ4v) is 3.58. The number of alkyl halides is 3. The number of amides is 4. The third-order valence-corrected chi connectivity index (χ3v) is 5.16. The van der Waals surface area contributed by atoms with Crippen molar-refractivity contribution in [3.05, 3.63) is 35.0 Å². The topological polar surface area (TPSA) is 127 Å². The van der Waals surface area contributed by atoms with Gasteiger partial charge in [0.25, 0.3) is 5.91 Å². The monoisotopic (exact) mass is 425 g/mol. The van der Waals surface area contributed by atoms with E-state index < -0.39 is 35.8 Å². The van der Waals surface area contributed by atoms with Crippen LogP contribution in [0.3, 0.4) is 0 Å². The van der Waals surface area contributed by atoms with Crippen molar-refractivity contribution in [2.75, 3.05) is 5.32 Å². The van der Waals surface area contributed by atoms with Crippen LogP contribution in [0.4, 0.5) is 23.1 Å². The number of nitrogens with one attached hydrogen (secondary N) is 2. The Morgan fingerprint density at radius 3 is 2.55 bits per heavy atom. The first kappa shape index (κ1) is 20.5. The summed E-state index contributed by atoms with van der Waals surface area (Å²) in [5, 5.41) is 4.94. The largest absolute Gasteiger partial charge is 0.434 e. The highest BCUT2D eigenvalue weighted by atomic mass is 32.1. The van der Waals surface area contributed by atoms with E-state index in [0.29, 0.717) is 16.1 Å². The van der Waals surface area contributed by atoms with Gasteiger partial charge in [-0.05, 0) is 31.5 Å². The Balaban J connectivity index is 1.88. The smallest absolute Gasteiger partial charge is 0.368 e. The highest BCUT2D eigenvalue weighted by Gasteiger charge is 2.42. The molecule has 0 bridgehead atoms. The van der Waals surface area contributed by atoms with E-state index in [4.69, 9.17) is 5.73 Å². The van der Waals surface area contributed by atoms with E-state index in [1.807, 2.05) is 0 Å². The lowest BCUT2D eigenvalue weighted by Gasteiger charge is -2.09. The molecule has 0 aliphatic carbocycles. The number of halogens is 3. The third kappa shape index (κ3) is 4.11. The Labute approximate surface area is 166 Å². The molecule has 152 valence electrons. The van der Waals surface area contributed by atoms with E-state index >= 15 is 0 Å². The number of nitrogens with zero attached hydrogens (tertiary/aromatic N) is 2. The van der Waals surface area contributed by atoms with Crippen LogP contribution in [-0.4, -0.2) is 40.8 Å². The molecule has 0 fully saturated rings. The second-order valence-electron chi connectivity index (χ2n) is 6.18. The molecule has 1 aromatic carbocycles. The first-order valence-corrected chi connectivity index (χ1v) is 8.98. The molecule has 1 aromatic heterocycles. The van der Waals surface area contributed by atoms with E-state index in [2.05, 4.69) is 20.6 Å². The number of rotatable bonds is 4. The number of hydrogen-bond acceptors (Lipinski definition) is 5. The lowest BCUT2D eigenvalue weighted by molar-refractivity contribution is -0.119. The van der Waals surface area contributed by atoms with E-state index in [1.165, 1.54) is 25.1 Å². The molecule has 2 aromatic rings. The fraction of sp³-hybridized carbons (Fsp3) is 0.235. The molecule has 2 heterocycles. The van der Waals surface area contributed by atoms with Crippen molar-refractivity contribution >= 4 is 40.0 Å². The van der Waals surface area contributed by atoms with Gasteiger partial charge in [0.05, 0.1) is 16.1 Å². The molecule has 0 unspecified atom stereocenters. The minimum absolute atomic E-state index is 0.124. The molecule has 4 N–H and O–H groups in total. The van der Waals surface area contributed by atoms with Crippen LogP contribution >= 0.6 is 11.3 Å². The van der Waals surface area contributed by atoms with Gasteiger partial charge in [0.2, 0.25) is 5.91 Å². The third-order valence-electron chi connectivity index (χ3n) is 4.04. The maximum atomic E-state index is 13.2. The summed E-state index contributed by atoms with van der Waals surface area (Å²) in [7, 11) is 0. The van der Waals surface area contributed by atoms with Crippen molar-refractivity contribution in [1.82, 2.24) is 10.3 Å². The average molecular weight is 425 g/mol. The number of hydrogen-bond donors (Lipinski definition) is 3. The van der Waals surface area contributed by atoms with Gasteiger partial charge < -0.3 is 11.1 Å². The van der Waals surface area contributed by atoms with Crippen LogP contribution in [0.15, 0.2) is 23.2 Å². The van der Waals surface area contributed by atoms with Crippen LogP contribution in [0.2, 0.25) is 0 Å². The zero-order valence-corrected chi connectivity index (χ0v) is 15.9. The summed E-state index contributed by atoms with van der Waals surface area (Å²) in [6, 6.07) is 2.40. The summed E-state index contributed by atoms with van der Waals surface area (Å²) in [6.45, 7) is 3.03. The molecule has 1 aliphatic rings. The highest BCUT2D eigenvalue weighted by molar-refractivity contribution is 7.19. The first-order chi connectivity index (χ1) is 13.5. The molecule has 4 amide bonds. The van der Waals surface area contributed by atoms with Gasteiger partial charge in [0.15, 0.2) is 10.8 Å². The number of anilines is 1. The Hall–Kier alpha value is -3.28. The highest BCUT2D eigenvalue weighted by Crippen LogP contribution is 2.37. The van der Waals surface area contributed by atoms with Crippen LogP contribution in [0.25, 0.3) is 10.4 Å². The zero-order valence-electron chi connectivity index (χ0n) is 15.0. The summed E-state index contributed by atoms with van der Waals surface area (Å²) in [5.74, 6) is -1.66. The first-order valence-electron chi connectivity index (χ1n) is 8.16. The maximum Gasteiger partial charge on any atom is 0.434 e. The second-order valence-corrected chi connectivity index (χ2v) is 7.18. The molecular formula is C17H14F3N5O3S. The molecule has 1 atom stereocenters. The number of carbonyl (C=O) groups excluding carboxylic acids is 3. The van der Waals surface area contributed by atoms with Crippen LogP contribution in [0.5, 0.6) is 0 Å². The molecule has 8 nitrogen and oxygen atoms in total. The number of urea groups is 1. The number of primary amides is 1. The molecule has 12 heteroatoms. The van der Waals surface area contributed by atoms with E-state index in [1.54, 1.807) is 6.92 Å². The van der Waals surface area contributed by atoms with Crippen molar-refractivity contribution in [1.29, 1.82) is 0 Å². The van der Waals surface area contributed by atoms with E-state index in [0.717, 1.165) is 11.3 Å². The Kier molecular flexibility index (Phi) is 5.13. The quantitative estimate of drug-likeness (QED) is 0.696. The number of benzene rings is 1. The normalized spacial score (nSPS) is 14.2. The SMILES string of the molecule is Cc1nc(NC(=O)N[C@@H](C)C(N)=O)sc1-c1ccc2c(c1)C(C(F)(F)F)=NC2=O. The summed E-state index contributed by atoms with van der Waals surface area (Å²) in [4.78, 5) is 42.4. The van der Waals surface area contributed by atoms with Crippen molar-refractivity contribution in [2.45, 2.75) is 26.1 Å². The van der Waals surface area contributed by atoms with Gasteiger partial charge in [-0.25, -0.2) is 14.8 Å². The summed E-state index contributed by atoms with van der Waals surface area (Å²) in [5.41, 5.74) is 4.27. The number of aryl methyl sites for hydroxylation is 1. The van der Waals surface area contributed by atoms with Crippen LogP contribution in [0.1, 0.15) is 28.5 Å². The second kappa shape index (κ2) is 7.28. The molecule has 1 aliphatic heterocycles. The molecule has 0 saturated carbocycles. The van der Waals surface area contributed by atoms with Crippen molar-refractivity contribution < 1.29 is 27.6 Å². The molecule has 0 radical (unpaired) electrons. The van der Waals surface area contributed by atoms with Crippen molar-refractivity contribution in [2.24, 2.45) is 10.7 Å². The number of aromatic nitrogens is 1. The number of fused-ring (bicyclic) bond motifs is 1. The molecular weight excluding hydrogens is 411 g/mol. The number of carbonyl (C=O) groups is 3. The Morgan fingerprint density at radius 1 is 1.24 bits per heavy atom. The minimum atomic E-state index is -4.76. The van der Waals surface area contributed by atoms with Gasteiger partial charge in [-0.1, -0.05) is 17.4 Å². The standard InChI is InChI=1S/C17H14F3N5O3S/c1-6-11(29-16(23-6)25-15(28)22-7(2)13(21)26)8-3-4-9-10(5-8)12(17(18,19)20)24-14(9)27/h3-5,7H,1-2H3,(H2,21,26)(H2,22,23,25,28)/t7-/m0/s1. The summed E-state index contributed by atoms with van der Waals surface area (Å²) >= 11 is 1.03. The fourth-order valence-electron chi connectivity index (χ4n) is 2.62. The molecule has 0 saturated heterocycles. The van der Waals surface area contributed by atoms with Crippen LogP contribution in [0, 0.1) is 6.92 Å². The lowest BCUT2D eigenvalue weighted by Crippen LogP contribution is -2.44. The van der Waals surface area contributed by atoms with Gasteiger partial charge in [0, 0.05) is 5.56 Å². The molecule has 3 rings (SSSR count). The number of aliphatic imine (C=N–C) groups is 1. The van der Waals surface area contributed by atoms with Crippen molar-refractivity contribution in [3.63, 3.8) is 0 Å². The van der Waals surface area contributed by atoms with Gasteiger partial charge in [-0.15, -0.1) is 0 Å². The summed E-state index contributed by atoms with van der Waals surface area (Å²) < 4.78 is 39.5. The lowest BCUT2D eigenvalue weighted by atomic mass is 10.0. The van der Waals surface area contributed by atoms with Crippen LogP contribution in [-0.2, 0) is 4.79 Å². The van der Waals surface area contributed by atoms with Gasteiger partial charge in [0.1, 0.15) is 6.04 Å². The molecule has 0 spiro atoms. The Morgan fingerprint density at radius 2 is 1.93 bits per heavy atom. The van der Waals surface area contributed by atoms with Crippen molar-refractivity contribution in [3.8, 4) is 10.4 Å². The minimum Gasteiger partial charge on any atom is -0.368 e.